The summed E-state index contributed by atoms with van der Waals surface area (Å²) in [6.07, 6.45) is 1.39. The number of carbonyl (C=O) groups excluding carboxylic acids is 1. The molecule has 31 heavy (non-hydrogen) atoms. The van der Waals surface area contributed by atoms with Crippen molar-refractivity contribution in [3.05, 3.63) is 47.2 Å². The second kappa shape index (κ2) is 9.28. The van der Waals surface area contributed by atoms with Gasteiger partial charge in [0, 0.05) is 18.5 Å². The van der Waals surface area contributed by atoms with E-state index in [1.165, 1.54) is 18.2 Å². The summed E-state index contributed by atoms with van der Waals surface area (Å²) in [4.78, 5) is 14.2. The molecule has 1 heterocycles. The van der Waals surface area contributed by atoms with E-state index in [0.29, 0.717) is 19.7 Å². The fraction of sp³-hybridized carbons (Fsp3) is 0.542. The Labute approximate surface area is 182 Å². The van der Waals surface area contributed by atoms with Gasteiger partial charge in [-0.1, -0.05) is 26.8 Å². The first kappa shape index (κ1) is 23.1. The quantitative estimate of drug-likeness (QED) is 0.589. The van der Waals surface area contributed by atoms with Crippen molar-refractivity contribution in [2.45, 2.75) is 58.8 Å². The van der Waals surface area contributed by atoms with Crippen LogP contribution in [0.2, 0.25) is 0 Å². The van der Waals surface area contributed by atoms with E-state index in [4.69, 9.17) is 4.74 Å². The maximum Gasteiger partial charge on any atom is 0.409 e. The molecule has 1 aliphatic rings. The van der Waals surface area contributed by atoms with Gasteiger partial charge < -0.3 is 9.64 Å². The summed E-state index contributed by atoms with van der Waals surface area (Å²) < 4.78 is 34.0. The Bertz CT molecular complexity index is 930. The molecule has 3 rings (SSSR count). The van der Waals surface area contributed by atoms with Gasteiger partial charge in [-0.15, -0.1) is 0 Å². The van der Waals surface area contributed by atoms with Gasteiger partial charge >= 0.3 is 6.09 Å². The van der Waals surface area contributed by atoms with Gasteiger partial charge in [0.1, 0.15) is 11.6 Å². The summed E-state index contributed by atoms with van der Waals surface area (Å²) in [5, 5.41) is 8.78. The van der Waals surface area contributed by atoms with Crippen molar-refractivity contribution in [1.29, 1.82) is 0 Å². The molecule has 1 amide bonds. The van der Waals surface area contributed by atoms with Crippen molar-refractivity contribution in [1.82, 2.24) is 15.1 Å². The highest BCUT2D eigenvalue weighted by atomic mass is 19.1. The Morgan fingerprint density at radius 2 is 1.94 bits per heavy atom. The lowest BCUT2D eigenvalue weighted by Crippen LogP contribution is -2.49. The second-order valence-electron chi connectivity index (χ2n) is 8.59. The van der Waals surface area contributed by atoms with Crippen LogP contribution in [-0.4, -0.2) is 40.9 Å². The molecule has 1 aliphatic carbocycles. The van der Waals surface area contributed by atoms with Gasteiger partial charge in [0.15, 0.2) is 0 Å². The normalized spacial score (nSPS) is 20.5. The minimum Gasteiger partial charge on any atom is -0.450 e. The number of hydrogen-bond donors (Lipinski definition) is 0. The molecule has 0 unspecified atom stereocenters. The van der Waals surface area contributed by atoms with Crippen molar-refractivity contribution >= 4 is 6.09 Å². The first-order valence-corrected chi connectivity index (χ1v) is 11.0. The summed E-state index contributed by atoms with van der Waals surface area (Å²) in [5.74, 6) is -0.976. The van der Waals surface area contributed by atoms with Gasteiger partial charge in [0.2, 0.25) is 0 Å². The van der Waals surface area contributed by atoms with Gasteiger partial charge in [-0.3, -0.25) is 0 Å². The van der Waals surface area contributed by atoms with Crippen LogP contribution in [-0.2, 0) is 10.2 Å². The average molecular weight is 432 g/mol. The monoisotopic (exact) mass is 431 g/mol. The summed E-state index contributed by atoms with van der Waals surface area (Å²) in [7, 11) is 0. The number of rotatable bonds is 6. The van der Waals surface area contributed by atoms with Gasteiger partial charge in [-0.2, -0.15) is 10.2 Å². The Hall–Kier alpha value is -2.57. The highest BCUT2D eigenvalue weighted by Crippen LogP contribution is 2.47. The zero-order chi connectivity index (χ0) is 22.8. The molecule has 0 radical (unpaired) electrons. The topological polar surface area (TPSA) is 55.3 Å². The first-order valence-electron chi connectivity index (χ1n) is 11.0. The number of ether oxygens (including phenoxy) is 1. The zero-order valence-corrected chi connectivity index (χ0v) is 18.9. The number of amides is 1. The molecule has 0 spiro atoms. The van der Waals surface area contributed by atoms with E-state index in [2.05, 4.69) is 31.0 Å². The maximum absolute atomic E-state index is 14.4. The molecular weight excluding hydrogens is 400 g/mol. The van der Waals surface area contributed by atoms with Crippen molar-refractivity contribution in [3.63, 3.8) is 0 Å². The van der Waals surface area contributed by atoms with Crippen LogP contribution in [0.4, 0.5) is 13.6 Å². The third-order valence-electron chi connectivity index (χ3n) is 6.55. The second-order valence-corrected chi connectivity index (χ2v) is 8.59. The molecule has 5 nitrogen and oxygen atoms in total. The molecule has 7 heteroatoms. The molecule has 2 atom stereocenters. The summed E-state index contributed by atoms with van der Waals surface area (Å²) in [5.41, 5.74) is 1.37. The summed E-state index contributed by atoms with van der Waals surface area (Å²) >= 11 is 0. The third kappa shape index (κ3) is 4.27. The van der Waals surface area contributed by atoms with Crippen LogP contribution in [0.1, 0.15) is 64.6 Å². The van der Waals surface area contributed by atoms with Crippen LogP contribution >= 0.6 is 0 Å². The number of fused-ring (bicyclic) bond motifs is 1. The average Bonchev–Trinajstić information content (AvgIpc) is 2.73. The predicted octanol–water partition coefficient (Wildman–Crippen LogP) is 5.69. The summed E-state index contributed by atoms with van der Waals surface area (Å²) in [6.45, 7) is 11.3. The third-order valence-corrected chi connectivity index (χ3v) is 6.55. The SMILES string of the molecule is CCOC(=O)N(CC)C[C@@]1(C(C)C)CC[C@H](C)c2cc(-c3c(F)cccc3F)nnc21. The minimum absolute atomic E-state index is 0.160. The lowest BCUT2D eigenvalue weighted by Gasteiger charge is -2.45. The molecule has 0 aliphatic heterocycles. The van der Waals surface area contributed by atoms with Crippen molar-refractivity contribution in [3.8, 4) is 11.3 Å². The summed E-state index contributed by atoms with van der Waals surface area (Å²) in [6, 6.07) is 5.55. The number of aromatic nitrogens is 2. The first-order chi connectivity index (χ1) is 14.7. The van der Waals surface area contributed by atoms with Gasteiger partial charge in [0.25, 0.3) is 0 Å². The molecule has 0 saturated carbocycles. The minimum atomic E-state index is -0.660. The number of carbonyl (C=O) groups is 1. The van der Waals surface area contributed by atoms with E-state index in [0.717, 1.165) is 24.1 Å². The van der Waals surface area contributed by atoms with E-state index in [1.807, 2.05) is 6.92 Å². The molecule has 0 bridgehead atoms. The largest absolute Gasteiger partial charge is 0.450 e. The molecule has 0 saturated heterocycles. The number of hydrogen-bond acceptors (Lipinski definition) is 4. The number of nitrogens with zero attached hydrogens (tertiary/aromatic N) is 3. The Morgan fingerprint density at radius 3 is 2.52 bits per heavy atom. The van der Waals surface area contributed by atoms with Crippen molar-refractivity contribution < 1.29 is 18.3 Å². The van der Waals surface area contributed by atoms with E-state index in [-0.39, 0.29) is 29.2 Å². The molecule has 1 aromatic heterocycles. The lowest BCUT2D eigenvalue weighted by molar-refractivity contribution is 0.0860. The van der Waals surface area contributed by atoms with Crippen molar-refractivity contribution in [2.24, 2.45) is 5.92 Å². The van der Waals surface area contributed by atoms with Crippen LogP contribution in [0, 0.1) is 17.6 Å². The van der Waals surface area contributed by atoms with Crippen LogP contribution in [0.15, 0.2) is 24.3 Å². The zero-order valence-electron chi connectivity index (χ0n) is 18.9. The molecule has 2 aromatic rings. The molecular formula is C24H31F2N3O2. The van der Waals surface area contributed by atoms with E-state index in [1.54, 1.807) is 17.9 Å². The molecule has 1 aromatic carbocycles. The van der Waals surface area contributed by atoms with Gasteiger partial charge in [0.05, 0.1) is 23.6 Å². The molecule has 168 valence electrons. The van der Waals surface area contributed by atoms with E-state index >= 15 is 0 Å². The highest BCUT2D eigenvalue weighted by Gasteiger charge is 2.45. The van der Waals surface area contributed by atoms with E-state index < -0.39 is 17.0 Å². The van der Waals surface area contributed by atoms with Crippen LogP contribution < -0.4 is 0 Å². The number of benzene rings is 1. The Kier molecular flexibility index (Phi) is 6.92. The Morgan fingerprint density at radius 1 is 1.26 bits per heavy atom. The van der Waals surface area contributed by atoms with Crippen LogP contribution in [0.5, 0.6) is 0 Å². The van der Waals surface area contributed by atoms with Crippen LogP contribution in [0.3, 0.4) is 0 Å². The van der Waals surface area contributed by atoms with Gasteiger partial charge in [-0.25, -0.2) is 13.6 Å². The van der Waals surface area contributed by atoms with Crippen LogP contribution in [0.25, 0.3) is 11.3 Å². The standard InChI is InChI=1S/C24H31F2N3O2/c1-6-29(23(30)31-7-2)14-24(15(3)4)12-11-16(5)17-13-20(27-28-22(17)24)21-18(25)9-8-10-19(21)26/h8-10,13,15-16H,6-7,11-12,14H2,1-5H3/t16-,24+/m0/s1. The molecule has 0 fully saturated rings. The predicted molar refractivity (Wildman–Crippen MR) is 116 cm³/mol. The smallest absolute Gasteiger partial charge is 0.409 e. The fourth-order valence-electron chi connectivity index (χ4n) is 4.54. The maximum atomic E-state index is 14.4. The van der Waals surface area contributed by atoms with Gasteiger partial charge in [-0.05, 0) is 62.3 Å². The van der Waals surface area contributed by atoms with E-state index in [9.17, 15) is 13.6 Å². The Balaban J connectivity index is 2.10. The fourth-order valence-corrected chi connectivity index (χ4v) is 4.54. The van der Waals surface area contributed by atoms with Crippen molar-refractivity contribution in [2.75, 3.05) is 19.7 Å². The lowest BCUT2D eigenvalue weighted by atomic mass is 9.63. The molecule has 0 N–H and O–H groups in total. The number of halogens is 2. The highest BCUT2D eigenvalue weighted by molar-refractivity contribution is 5.68. The number of likely N-dealkylation sites (N-methyl/N-ethyl adjacent to an activating group) is 1.